The van der Waals surface area contributed by atoms with Crippen LogP contribution in [0.15, 0.2) is 65.9 Å². The Morgan fingerprint density at radius 1 is 1.11 bits per heavy atom. The first-order valence-corrected chi connectivity index (χ1v) is 12.9. The number of aliphatic imine (C=N–C) groups is 1. The van der Waals surface area contributed by atoms with Crippen molar-refractivity contribution in [2.24, 2.45) is 10.7 Å². The molecule has 0 radical (unpaired) electrons. The Morgan fingerprint density at radius 2 is 1.89 bits per heavy atom. The summed E-state index contributed by atoms with van der Waals surface area (Å²) in [6.45, 7) is 5.91. The van der Waals surface area contributed by atoms with Crippen LogP contribution in [-0.4, -0.2) is 33.9 Å². The van der Waals surface area contributed by atoms with Gasteiger partial charge in [0, 0.05) is 60.2 Å². The molecule has 2 aromatic heterocycles. The van der Waals surface area contributed by atoms with E-state index in [1.807, 2.05) is 36.4 Å². The van der Waals surface area contributed by atoms with E-state index >= 15 is 0 Å². The molecule has 2 heterocycles. The van der Waals surface area contributed by atoms with Crippen LogP contribution in [-0.2, 0) is 25.0 Å². The molecule has 4 aromatic rings. The summed E-state index contributed by atoms with van der Waals surface area (Å²) in [6.07, 6.45) is 4.51. The largest absolute Gasteiger partial charge is 0.386 e. The van der Waals surface area contributed by atoms with Crippen molar-refractivity contribution in [2.45, 2.75) is 45.8 Å². The lowest BCUT2D eigenvalue weighted by molar-refractivity contribution is 0.0799. The molecule has 38 heavy (non-hydrogen) atoms. The molecule has 0 saturated heterocycles. The summed E-state index contributed by atoms with van der Waals surface area (Å²) in [6, 6.07) is 15.2. The number of rotatable bonds is 8. The fourth-order valence-electron chi connectivity index (χ4n) is 4.48. The van der Waals surface area contributed by atoms with Crippen molar-refractivity contribution >= 4 is 34.2 Å². The zero-order chi connectivity index (χ0) is 27.4. The van der Waals surface area contributed by atoms with Gasteiger partial charge in [-0.25, -0.2) is 0 Å². The first-order valence-electron chi connectivity index (χ1n) is 12.5. The Hall–Kier alpha value is -3.81. The van der Waals surface area contributed by atoms with E-state index in [1.165, 1.54) is 0 Å². The van der Waals surface area contributed by atoms with Gasteiger partial charge in [0.05, 0.1) is 16.1 Å². The van der Waals surface area contributed by atoms with Gasteiger partial charge in [0.2, 0.25) is 0 Å². The summed E-state index contributed by atoms with van der Waals surface area (Å²) in [4.78, 5) is 26.0. The molecule has 1 amide bonds. The maximum atomic E-state index is 13.0. The number of hydrogen-bond acceptors (Lipinski definition) is 5. The summed E-state index contributed by atoms with van der Waals surface area (Å²) in [5.74, 6) is 0.319. The molecule has 0 bridgehead atoms. The standard InChI is InChI=1S/C30H32ClN5O2/c1-5-20-10-18(6-7-25(20)28(32)33-4)16-36-29(37)21-8-9-34-24(15-21)12-19-11-22-14-23(31)17-35-27(22)26(13-19)30(2,3)38/h6-11,13-15,17,38H,5,12,16H2,1-4H3,(H2,32,33)(H,36,37). The van der Waals surface area contributed by atoms with Crippen LogP contribution in [0.4, 0.5) is 0 Å². The summed E-state index contributed by atoms with van der Waals surface area (Å²) in [5, 5.41) is 15.1. The molecule has 8 heteroatoms. The van der Waals surface area contributed by atoms with Crippen LogP contribution in [0.25, 0.3) is 10.9 Å². The lowest BCUT2D eigenvalue weighted by Gasteiger charge is -2.21. The SMILES string of the molecule is CCc1cc(CNC(=O)c2ccnc(Cc3cc(C(C)(C)O)c4ncc(Cl)cc4c3)c2)ccc1C(N)=NC. The van der Waals surface area contributed by atoms with Crippen LogP contribution in [0.2, 0.25) is 5.02 Å². The highest BCUT2D eigenvalue weighted by molar-refractivity contribution is 6.31. The highest BCUT2D eigenvalue weighted by atomic mass is 35.5. The van der Waals surface area contributed by atoms with Gasteiger partial charge < -0.3 is 16.2 Å². The summed E-state index contributed by atoms with van der Waals surface area (Å²) in [5.41, 5.74) is 11.5. The number of aromatic nitrogens is 2. The number of carbonyl (C=O) groups excluding carboxylic acids is 1. The second kappa shape index (κ2) is 11.3. The normalized spacial score (nSPS) is 12.1. The average molecular weight is 530 g/mol. The second-order valence-electron chi connectivity index (χ2n) is 9.78. The number of aliphatic hydroxyl groups is 1. The van der Waals surface area contributed by atoms with Crippen LogP contribution in [0, 0.1) is 0 Å². The van der Waals surface area contributed by atoms with Crippen molar-refractivity contribution in [3.63, 3.8) is 0 Å². The van der Waals surface area contributed by atoms with Gasteiger partial charge >= 0.3 is 0 Å². The summed E-state index contributed by atoms with van der Waals surface area (Å²) >= 11 is 6.18. The van der Waals surface area contributed by atoms with Gasteiger partial charge in [-0.2, -0.15) is 0 Å². The molecule has 0 fully saturated rings. The second-order valence-corrected chi connectivity index (χ2v) is 10.2. The number of fused-ring (bicyclic) bond motifs is 1. The molecule has 0 aliphatic rings. The fraction of sp³-hybridized carbons (Fsp3) is 0.267. The number of nitrogens with zero attached hydrogens (tertiary/aromatic N) is 3. The topological polar surface area (TPSA) is 113 Å². The van der Waals surface area contributed by atoms with Gasteiger partial charge in [-0.3, -0.25) is 19.8 Å². The van der Waals surface area contributed by atoms with Gasteiger partial charge in [-0.15, -0.1) is 0 Å². The van der Waals surface area contributed by atoms with E-state index in [4.69, 9.17) is 17.3 Å². The number of benzene rings is 2. The lowest BCUT2D eigenvalue weighted by Crippen LogP contribution is -2.23. The van der Waals surface area contributed by atoms with E-state index in [2.05, 4.69) is 27.2 Å². The van der Waals surface area contributed by atoms with E-state index in [9.17, 15) is 9.90 Å². The average Bonchev–Trinajstić information content (AvgIpc) is 2.90. The van der Waals surface area contributed by atoms with Crippen molar-refractivity contribution in [2.75, 3.05) is 7.05 Å². The van der Waals surface area contributed by atoms with Gasteiger partial charge in [0.1, 0.15) is 5.84 Å². The number of hydrogen-bond donors (Lipinski definition) is 3. The van der Waals surface area contributed by atoms with E-state index in [0.29, 0.717) is 40.5 Å². The Labute approximate surface area is 227 Å². The minimum atomic E-state index is -1.09. The minimum Gasteiger partial charge on any atom is -0.386 e. The molecule has 7 nitrogen and oxygen atoms in total. The first kappa shape index (κ1) is 27.2. The van der Waals surface area contributed by atoms with Gasteiger partial charge in [0.25, 0.3) is 5.91 Å². The molecule has 0 spiro atoms. The van der Waals surface area contributed by atoms with Gasteiger partial charge in [-0.1, -0.05) is 42.8 Å². The van der Waals surface area contributed by atoms with E-state index in [-0.39, 0.29) is 5.91 Å². The fourth-order valence-corrected chi connectivity index (χ4v) is 4.65. The number of nitrogens with two attached hydrogens (primary N) is 1. The van der Waals surface area contributed by atoms with Crippen molar-refractivity contribution in [1.82, 2.24) is 15.3 Å². The number of halogens is 1. The predicted octanol–water partition coefficient (Wildman–Crippen LogP) is 4.93. The number of pyridine rings is 2. The molecule has 0 saturated carbocycles. The smallest absolute Gasteiger partial charge is 0.251 e. The Balaban J connectivity index is 1.53. The quantitative estimate of drug-likeness (QED) is 0.221. The highest BCUT2D eigenvalue weighted by Crippen LogP contribution is 2.30. The molecule has 0 unspecified atom stereocenters. The first-order chi connectivity index (χ1) is 18.1. The minimum absolute atomic E-state index is 0.183. The van der Waals surface area contributed by atoms with E-state index < -0.39 is 5.60 Å². The number of aryl methyl sites for hydroxylation is 1. The number of carbonyl (C=O) groups is 1. The third-order valence-electron chi connectivity index (χ3n) is 6.45. The summed E-state index contributed by atoms with van der Waals surface area (Å²) < 4.78 is 0. The van der Waals surface area contributed by atoms with Crippen LogP contribution in [0.5, 0.6) is 0 Å². The monoisotopic (exact) mass is 529 g/mol. The molecule has 196 valence electrons. The number of amidine groups is 1. The zero-order valence-electron chi connectivity index (χ0n) is 22.0. The number of nitrogens with one attached hydrogen (secondary N) is 1. The van der Waals surface area contributed by atoms with Crippen LogP contribution in [0.1, 0.15) is 64.6 Å². The summed E-state index contributed by atoms with van der Waals surface area (Å²) in [7, 11) is 1.67. The molecule has 2 aromatic carbocycles. The Bertz CT molecular complexity index is 1530. The Morgan fingerprint density at radius 3 is 2.61 bits per heavy atom. The Kier molecular flexibility index (Phi) is 8.09. The van der Waals surface area contributed by atoms with Crippen molar-refractivity contribution in [1.29, 1.82) is 0 Å². The van der Waals surface area contributed by atoms with Crippen LogP contribution < -0.4 is 11.1 Å². The van der Waals surface area contributed by atoms with Crippen molar-refractivity contribution < 1.29 is 9.90 Å². The highest BCUT2D eigenvalue weighted by Gasteiger charge is 2.21. The zero-order valence-corrected chi connectivity index (χ0v) is 22.8. The molecule has 0 aliphatic heterocycles. The van der Waals surface area contributed by atoms with E-state index in [1.54, 1.807) is 45.4 Å². The lowest BCUT2D eigenvalue weighted by atomic mass is 9.92. The molecular formula is C30H32ClN5O2. The molecule has 0 atom stereocenters. The van der Waals surface area contributed by atoms with Crippen molar-refractivity contribution in [3.05, 3.63) is 105 Å². The maximum absolute atomic E-state index is 13.0. The van der Waals surface area contributed by atoms with Gasteiger partial charge in [-0.05, 0) is 61.2 Å². The predicted molar refractivity (Wildman–Crippen MR) is 153 cm³/mol. The van der Waals surface area contributed by atoms with Crippen LogP contribution in [0.3, 0.4) is 0 Å². The van der Waals surface area contributed by atoms with Crippen LogP contribution >= 0.6 is 11.6 Å². The molecule has 4 rings (SSSR count). The van der Waals surface area contributed by atoms with Crippen molar-refractivity contribution in [3.8, 4) is 0 Å². The molecular weight excluding hydrogens is 498 g/mol. The van der Waals surface area contributed by atoms with E-state index in [0.717, 1.165) is 39.8 Å². The third-order valence-corrected chi connectivity index (χ3v) is 6.66. The third kappa shape index (κ3) is 6.18. The maximum Gasteiger partial charge on any atom is 0.251 e. The number of amides is 1. The molecule has 4 N–H and O–H groups in total. The van der Waals surface area contributed by atoms with Gasteiger partial charge in [0.15, 0.2) is 0 Å². The molecule has 0 aliphatic carbocycles.